The van der Waals surface area contributed by atoms with Gasteiger partial charge in [-0.05, 0) is 18.1 Å². The molecule has 108 valence electrons. The number of hydrogen-bond acceptors (Lipinski definition) is 4. The van der Waals surface area contributed by atoms with Gasteiger partial charge in [-0.25, -0.2) is 14.4 Å². The molecule has 0 amide bonds. The summed E-state index contributed by atoms with van der Waals surface area (Å²) in [6.45, 7) is 0.587. The Morgan fingerprint density at radius 1 is 1.29 bits per heavy atom. The fourth-order valence-electron chi connectivity index (χ4n) is 2.19. The summed E-state index contributed by atoms with van der Waals surface area (Å²) in [5, 5.41) is 6.23. The molecule has 0 aliphatic carbocycles. The third-order valence-corrected chi connectivity index (χ3v) is 3.27. The Kier molecular flexibility index (Phi) is 3.68. The van der Waals surface area contributed by atoms with Crippen LogP contribution in [0.4, 0.5) is 16.0 Å². The molecule has 2 N–H and O–H groups in total. The van der Waals surface area contributed by atoms with Crippen LogP contribution < -0.4 is 10.6 Å². The van der Waals surface area contributed by atoms with Gasteiger partial charge in [-0.2, -0.15) is 0 Å². The fraction of sp³-hybridized carbons (Fsp3) is 0.200. The van der Waals surface area contributed by atoms with Gasteiger partial charge in [0.1, 0.15) is 11.6 Å². The highest BCUT2D eigenvalue weighted by molar-refractivity contribution is 5.65. The number of hydrogen-bond donors (Lipinski definition) is 2. The maximum Gasteiger partial charge on any atom is 0.180 e. The molecule has 0 atom stereocenters. The van der Waals surface area contributed by atoms with Crippen molar-refractivity contribution in [3.63, 3.8) is 0 Å². The second-order valence-corrected chi connectivity index (χ2v) is 4.65. The minimum Gasteiger partial charge on any atom is -0.372 e. The topological polar surface area (TPSA) is 54.2 Å². The molecule has 0 aliphatic heterocycles. The van der Waals surface area contributed by atoms with E-state index in [0.29, 0.717) is 24.3 Å². The van der Waals surface area contributed by atoms with Crippen molar-refractivity contribution in [2.24, 2.45) is 0 Å². The molecular formula is C15H16FN5. The molecule has 1 aromatic carbocycles. The van der Waals surface area contributed by atoms with Gasteiger partial charge in [0, 0.05) is 26.0 Å². The Morgan fingerprint density at radius 3 is 2.95 bits per heavy atom. The van der Waals surface area contributed by atoms with E-state index in [1.807, 2.05) is 29.9 Å². The predicted octanol–water partition coefficient (Wildman–Crippen LogP) is 2.56. The molecule has 3 rings (SSSR count). The molecule has 2 aromatic heterocycles. The van der Waals surface area contributed by atoms with Crippen LogP contribution in [0, 0.1) is 5.82 Å². The van der Waals surface area contributed by atoms with Gasteiger partial charge in [-0.3, -0.25) is 0 Å². The van der Waals surface area contributed by atoms with E-state index in [-0.39, 0.29) is 5.82 Å². The summed E-state index contributed by atoms with van der Waals surface area (Å²) >= 11 is 0. The average Bonchev–Trinajstić information content (AvgIpc) is 2.97. The lowest BCUT2D eigenvalue weighted by molar-refractivity contribution is 0.610. The van der Waals surface area contributed by atoms with Crippen molar-refractivity contribution < 1.29 is 4.39 Å². The van der Waals surface area contributed by atoms with Crippen LogP contribution in [0.15, 0.2) is 42.9 Å². The molecular weight excluding hydrogens is 269 g/mol. The quantitative estimate of drug-likeness (QED) is 0.756. The zero-order valence-corrected chi connectivity index (χ0v) is 11.7. The van der Waals surface area contributed by atoms with Crippen molar-refractivity contribution >= 4 is 17.3 Å². The van der Waals surface area contributed by atoms with Crippen molar-refractivity contribution in [1.82, 2.24) is 14.4 Å². The van der Waals surface area contributed by atoms with Crippen molar-refractivity contribution in [3.05, 3.63) is 54.2 Å². The van der Waals surface area contributed by atoms with E-state index >= 15 is 0 Å². The Balaban J connectivity index is 1.76. The molecule has 0 radical (unpaired) electrons. The van der Waals surface area contributed by atoms with Gasteiger partial charge in [0.25, 0.3) is 0 Å². The number of nitrogens with one attached hydrogen (secondary N) is 2. The van der Waals surface area contributed by atoms with Crippen LogP contribution in [0.25, 0.3) is 5.65 Å². The molecule has 5 nitrogen and oxygen atoms in total. The van der Waals surface area contributed by atoms with Gasteiger partial charge in [0.2, 0.25) is 0 Å². The molecule has 0 saturated carbocycles. The average molecular weight is 285 g/mol. The zero-order valence-electron chi connectivity index (χ0n) is 11.7. The highest BCUT2D eigenvalue weighted by atomic mass is 19.1. The van der Waals surface area contributed by atoms with Gasteiger partial charge in [-0.1, -0.05) is 18.2 Å². The van der Waals surface area contributed by atoms with Crippen molar-refractivity contribution in [3.8, 4) is 0 Å². The maximum atomic E-state index is 13.6. The van der Waals surface area contributed by atoms with Crippen molar-refractivity contribution in [2.45, 2.75) is 6.42 Å². The summed E-state index contributed by atoms with van der Waals surface area (Å²) in [6.07, 6.45) is 6.04. The fourth-order valence-corrected chi connectivity index (χ4v) is 2.19. The first-order chi connectivity index (χ1) is 10.3. The highest BCUT2D eigenvalue weighted by Crippen LogP contribution is 2.16. The van der Waals surface area contributed by atoms with Crippen LogP contribution in [0.2, 0.25) is 0 Å². The zero-order chi connectivity index (χ0) is 14.7. The third-order valence-electron chi connectivity index (χ3n) is 3.27. The second kappa shape index (κ2) is 5.78. The minimum atomic E-state index is -0.179. The number of anilines is 2. The minimum absolute atomic E-state index is 0.179. The van der Waals surface area contributed by atoms with E-state index in [9.17, 15) is 4.39 Å². The van der Waals surface area contributed by atoms with E-state index < -0.39 is 0 Å². The molecule has 0 unspecified atom stereocenters. The largest absolute Gasteiger partial charge is 0.372 e. The first-order valence-corrected chi connectivity index (χ1v) is 6.76. The van der Waals surface area contributed by atoms with Crippen LogP contribution in [-0.4, -0.2) is 28.0 Å². The van der Waals surface area contributed by atoms with Gasteiger partial charge >= 0.3 is 0 Å². The van der Waals surface area contributed by atoms with Gasteiger partial charge in [-0.15, -0.1) is 0 Å². The third kappa shape index (κ3) is 2.79. The lowest BCUT2D eigenvalue weighted by Crippen LogP contribution is -2.10. The summed E-state index contributed by atoms with van der Waals surface area (Å²) < 4.78 is 15.5. The van der Waals surface area contributed by atoms with E-state index in [0.717, 1.165) is 11.5 Å². The predicted molar refractivity (Wildman–Crippen MR) is 81.1 cm³/mol. The van der Waals surface area contributed by atoms with Crippen molar-refractivity contribution in [2.75, 3.05) is 24.2 Å². The summed E-state index contributed by atoms with van der Waals surface area (Å²) in [7, 11) is 1.81. The van der Waals surface area contributed by atoms with Crippen molar-refractivity contribution in [1.29, 1.82) is 0 Å². The van der Waals surface area contributed by atoms with E-state index in [1.165, 1.54) is 6.07 Å². The van der Waals surface area contributed by atoms with Crippen LogP contribution in [-0.2, 0) is 6.42 Å². The first-order valence-electron chi connectivity index (χ1n) is 6.76. The molecule has 3 aromatic rings. The number of fused-ring (bicyclic) bond motifs is 1. The Hall–Kier alpha value is -2.63. The molecule has 0 bridgehead atoms. The van der Waals surface area contributed by atoms with Crippen LogP contribution in [0.5, 0.6) is 0 Å². The molecule has 0 aliphatic rings. The van der Waals surface area contributed by atoms with Crippen LogP contribution in [0.3, 0.4) is 0 Å². The number of nitrogens with zero attached hydrogens (tertiary/aromatic N) is 3. The summed E-state index contributed by atoms with van der Waals surface area (Å²) in [5.41, 5.74) is 1.44. The van der Waals surface area contributed by atoms with Crippen LogP contribution in [0.1, 0.15) is 5.56 Å². The van der Waals surface area contributed by atoms with Crippen LogP contribution >= 0.6 is 0 Å². The summed E-state index contributed by atoms with van der Waals surface area (Å²) in [4.78, 5) is 8.72. The number of imidazole rings is 1. The van der Waals surface area contributed by atoms with E-state index in [1.54, 1.807) is 18.3 Å². The molecule has 0 spiro atoms. The Labute approximate surface area is 121 Å². The van der Waals surface area contributed by atoms with E-state index in [4.69, 9.17) is 0 Å². The van der Waals surface area contributed by atoms with Gasteiger partial charge in [0.05, 0.1) is 6.20 Å². The standard InChI is InChI=1S/C15H16FN5/c1-17-13-10-21-9-8-19-15(21)14(20-13)18-7-6-11-4-2-3-5-12(11)16/h2-5,8-10,17H,6-7H2,1H3,(H,18,20). The van der Waals surface area contributed by atoms with E-state index in [2.05, 4.69) is 20.6 Å². The molecule has 21 heavy (non-hydrogen) atoms. The molecule has 6 heteroatoms. The second-order valence-electron chi connectivity index (χ2n) is 4.65. The molecule has 0 saturated heterocycles. The summed E-state index contributed by atoms with van der Waals surface area (Å²) in [6, 6.07) is 6.80. The van der Waals surface area contributed by atoms with Gasteiger partial charge < -0.3 is 15.0 Å². The highest BCUT2D eigenvalue weighted by Gasteiger charge is 2.07. The maximum absolute atomic E-state index is 13.6. The van der Waals surface area contributed by atoms with Gasteiger partial charge in [0.15, 0.2) is 11.5 Å². The lowest BCUT2D eigenvalue weighted by atomic mass is 10.1. The number of benzene rings is 1. The normalized spacial score (nSPS) is 10.8. The molecule has 2 heterocycles. The Morgan fingerprint density at radius 2 is 2.14 bits per heavy atom. The monoisotopic (exact) mass is 285 g/mol. The number of halogens is 1. The summed E-state index contributed by atoms with van der Waals surface area (Å²) in [5.74, 6) is 1.25. The smallest absolute Gasteiger partial charge is 0.180 e. The SMILES string of the molecule is CNc1cn2ccnc2c(NCCc2ccccc2F)n1. The molecule has 0 fully saturated rings. The lowest BCUT2D eigenvalue weighted by Gasteiger charge is -2.09. The first kappa shape index (κ1) is 13.4. The number of aromatic nitrogens is 3. The Bertz CT molecular complexity index is 753. The number of rotatable bonds is 5.